The first-order valence-electron chi connectivity index (χ1n) is 8.74. The molecule has 1 aromatic rings. The zero-order valence-corrected chi connectivity index (χ0v) is 16.4. The Bertz CT molecular complexity index is 724. The second-order valence-electron chi connectivity index (χ2n) is 6.63. The number of ether oxygens (including phenoxy) is 5. The van der Waals surface area contributed by atoms with E-state index in [4.69, 9.17) is 18.9 Å². The molecule has 7 nitrogen and oxygen atoms in total. The van der Waals surface area contributed by atoms with Crippen LogP contribution >= 0.6 is 0 Å². The third-order valence-electron chi connectivity index (χ3n) is 4.94. The highest BCUT2D eigenvalue weighted by molar-refractivity contribution is 5.83. The van der Waals surface area contributed by atoms with Gasteiger partial charge in [0.1, 0.15) is 6.10 Å². The lowest BCUT2D eigenvalue weighted by Crippen LogP contribution is -2.57. The average Bonchev–Trinajstić information content (AvgIpc) is 2.70. The molecule has 1 fully saturated rings. The highest BCUT2D eigenvalue weighted by Gasteiger charge is 2.65. The van der Waals surface area contributed by atoms with E-state index in [-0.39, 0.29) is 13.0 Å². The molecule has 10 heteroatoms. The maximum atomic E-state index is 14.0. The molecular formula is C19H23F3O7. The van der Waals surface area contributed by atoms with Gasteiger partial charge in [-0.25, -0.2) is 9.59 Å². The molecule has 1 aromatic carbocycles. The standard InChI is InChI=1S/C19H23F3O7/c1-12-11-28-17(26-3,15(23)25-2)10-14(12)29-16(24)18(27-4,19(20,21)22)13-8-6-5-7-9-13/h5-9,12,14H,10-11H2,1-4H3/t12-,14+,17+,18+/m1/s1. The Balaban J connectivity index is 2.39. The molecule has 0 N–H and O–H groups in total. The number of methoxy groups -OCH3 is 3. The lowest BCUT2D eigenvalue weighted by molar-refractivity contribution is -0.292. The maximum Gasteiger partial charge on any atom is 0.432 e. The molecule has 29 heavy (non-hydrogen) atoms. The summed E-state index contributed by atoms with van der Waals surface area (Å²) in [5.41, 5.74) is -3.75. The van der Waals surface area contributed by atoms with Crippen LogP contribution in [0.2, 0.25) is 0 Å². The molecule has 1 heterocycles. The number of alkyl halides is 3. The van der Waals surface area contributed by atoms with Gasteiger partial charge in [0.2, 0.25) is 0 Å². The predicted molar refractivity (Wildman–Crippen MR) is 92.6 cm³/mol. The van der Waals surface area contributed by atoms with Crippen LogP contribution in [0, 0.1) is 5.92 Å². The van der Waals surface area contributed by atoms with E-state index < -0.39 is 47.1 Å². The molecule has 0 saturated carbocycles. The second-order valence-corrected chi connectivity index (χ2v) is 6.63. The summed E-state index contributed by atoms with van der Waals surface area (Å²) in [5.74, 6) is -4.92. The first kappa shape index (κ1) is 23.1. The number of carbonyl (C=O) groups is 2. The quantitative estimate of drug-likeness (QED) is 0.655. The van der Waals surface area contributed by atoms with Crippen LogP contribution in [0.25, 0.3) is 0 Å². The number of esters is 2. The van der Waals surface area contributed by atoms with Gasteiger partial charge in [-0.15, -0.1) is 0 Å². The number of hydrogen-bond donors (Lipinski definition) is 0. The maximum absolute atomic E-state index is 14.0. The van der Waals surface area contributed by atoms with Gasteiger partial charge in [0.25, 0.3) is 11.4 Å². The van der Waals surface area contributed by atoms with Crippen molar-refractivity contribution in [1.82, 2.24) is 0 Å². The van der Waals surface area contributed by atoms with Crippen LogP contribution in [0.4, 0.5) is 13.2 Å². The van der Waals surface area contributed by atoms with Crippen LogP contribution in [-0.4, -0.2) is 57.9 Å². The van der Waals surface area contributed by atoms with Gasteiger partial charge < -0.3 is 23.7 Å². The highest BCUT2D eigenvalue weighted by Crippen LogP contribution is 2.44. The van der Waals surface area contributed by atoms with Crippen LogP contribution in [0.5, 0.6) is 0 Å². The van der Waals surface area contributed by atoms with Crippen molar-refractivity contribution < 1.29 is 46.4 Å². The molecular weight excluding hydrogens is 397 g/mol. The largest absolute Gasteiger partial charge is 0.465 e. The van der Waals surface area contributed by atoms with Crippen LogP contribution in [0.15, 0.2) is 30.3 Å². The summed E-state index contributed by atoms with van der Waals surface area (Å²) in [4.78, 5) is 24.9. The van der Waals surface area contributed by atoms with E-state index in [1.54, 1.807) is 6.92 Å². The molecule has 0 aromatic heterocycles. The molecule has 0 spiro atoms. The molecule has 0 amide bonds. The van der Waals surface area contributed by atoms with Crippen molar-refractivity contribution in [2.45, 2.75) is 37.0 Å². The van der Waals surface area contributed by atoms with Crippen LogP contribution in [-0.2, 0) is 38.9 Å². The summed E-state index contributed by atoms with van der Waals surface area (Å²) in [5, 5.41) is 0. The SMILES string of the molecule is COC(=O)[C@]1(OC)C[C@H](OC(=O)[C@@](OC)(c2ccccc2)C(F)(F)F)[C@H](C)CO1. The Kier molecular flexibility index (Phi) is 6.92. The molecule has 2 rings (SSSR count). The average molecular weight is 420 g/mol. The molecule has 0 unspecified atom stereocenters. The lowest BCUT2D eigenvalue weighted by Gasteiger charge is -2.41. The van der Waals surface area contributed by atoms with E-state index in [9.17, 15) is 22.8 Å². The van der Waals surface area contributed by atoms with Gasteiger partial charge in [0, 0.05) is 25.7 Å². The smallest absolute Gasteiger partial charge is 0.432 e. The van der Waals surface area contributed by atoms with Crippen LogP contribution in [0.3, 0.4) is 0 Å². The molecule has 1 saturated heterocycles. The Morgan fingerprint density at radius 1 is 1.14 bits per heavy atom. The van der Waals surface area contributed by atoms with Crippen molar-refractivity contribution >= 4 is 11.9 Å². The molecule has 162 valence electrons. The second kappa shape index (κ2) is 8.68. The van der Waals surface area contributed by atoms with Crippen molar-refractivity contribution in [2.24, 2.45) is 5.92 Å². The predicted octanol–water partition coefficient (Wildman–Crippen LogP) is 2.57. The van der Waals surface area contributed by atoms with E-state index in [1.807, 2.05) is 0 Å². The Morgan fingerprint density at radius 3 is 2.24 bits per heavy atom. The van der Waals surface area contributed by atoms with Crippen molar-refractivity contribution in [2.75, 3.05) is 27.9 Å². The van der Waals surface area contributed by atoms with Crippen LogP contribution < -0.4 is 0 Å². The monoisotopic (exact) mass is 420 g/mol. The minimum Gasteiger partial charge on any atom is -0.465 e. The van der Waals surface area contributed by atoms with Crippen molar-refractivity contribution in [1.29, 1.82) is 0 Å². The zero-order valence-electron chi connectivity index (χ0n) is 16.4. The van der Waals surface area contributed by atoms with Gasteiger partial charge in [-0.05, 0) is 0 Å². The van der Waals surface area contributed by atoms with Crippen LogP contribution in [0.1, 0.15) is 18.9 Å². The normalized spacial score (nSPS) is 27.0. The number of rotatable bonds is 6. The summed E-state index contributed by atoms with van der Waals surface area (Å²) in [6.07, 6.45) is -6.55. The van der Waals surface area contributed by atoms with Gasteiger partial charge in [-0.1, -0.05) is 37.3 Å². The summed E-state index contributed by atoms with van der Waals surface area (Å²) in [7, 11) is 3.08. The van der Waals surface area contributed by atoms with Gasteiger partial charge >= 0.3 is 18.1 Å². The van der Waals surface area contributed by atoms with E-state index >= 15 is 0 Å². The Hall–Kier alpha value is -2.17. The summed E-state index contributed by atoms with van der Waals surface area (Å²) < 4.78 is 67.2. The van der Waals surface area contributed by atoms with E-state index in [2.05, 4.69) is 4.74 Å². The first-order chi connectivity index (χ1) is 13.6. The summed E-state index contributed by atoms with van der Waals surface area (Å²) in [6, 6.07) is 6.47. The van der Waals surface area contributed by atoms with Crippen molar-refractivity contribution in [3.05, 3.63) is 35.9 Å². The fourth-order valence-electron chi connectivity index (χ4n) is 3.19. The molecule has 1 aliphatic rings. The van der Waals surface area contributed by atoms with Gasteiger partial charge in [-0.2, -0.15) is 13.2 Å². The molecule has 0 radical (unpaired) electrons. The highest BCUT2D eigenvalue weighted by atomic mass is 19.4. The van der Waals surface area contributed by atoms with E-state index in [1.165, 1.54) is 25.3 Å². The Labute approximate surface area is 166 Å². The number of hydrogen-bond acceptors (Lipinski definition) is 7. The number of carbonyl (C=O) groups excluding carboxylic acids is 2. The van der Waals surface area contributed by atoms with Gasteiger partial charge in [0.05, 0.1) is 20.1 Å². The minimum absolute atomic E-state index is 0.0990. The number of benzene rings is 1. The van der Waals surface area contributed by atoms with Crippen molar-refractivity contribution in [3.8, 4) is 0 Å². The fourth-order valence-corrected chi connectivity index (χ4v) is 3.19. The summed E-state index contributed by atoms with van der Waals surface area (Å²) >= 11 is 0. The number of halogens is 3. The molecule has 4 atom stereocenters. The van der Waals surface area contributed by atoms with Crippen molar-refractivity contribution in [3.63, 3.8) is 0 Å². The van der Waals surface area contributed by atoms with Gasteiger partial charge in [0.15, 0.2) is 0 Å². The van der Waals surface area contributed by atoms with Gasteiger partial charge in [-0.3, -0.25) is 0 Å². The topological polar surface area (TPSA) is 80.3 Å². The third-order valence-corrected chi connectivity index (χ3v) is 4.94. The van der Waals surface area contributed by atoms with E-state index in [0.29, 0.717) is 0 Å². The summed E-state index contributed by atoms with van der Waals surface area (Å²) in [6.45, 7) is 1.51. The Morgan fingerprint density at radius 2 is 1.76 bits per heavy atom. The lowest BCUT2D eigenvalue weighted by atomic mass is 9.91. The zero-order chi connectivity index (χ0) is 21.9. The fraction of sp³-hybridized carbons (Fsp3) is 0.579. The third kappa shape index (κ3) is 4.10. The molecule has 1 aliphatic heterocycles. The first-order valence-corrected chi connectivity index (χ1v) is 8.74. The van der Waals surface area contributed by atoms with E-state index in [0.717, 1.165) is 26.4 Å². The minimum atomic E-state index is -5.10. The molecule has 0 aliphatic carbocycles. The molecule has 0 bridgehead atoms.